The molecule has 144 valence electrons. The van der Waals surface area contributed by atoms with Crippen molar-refractivity contribution in [2.24, 2.45) is 0 Å². The van der Waals surface area contributed by atoms with Crippen molar-refractivity contribution in [2.45, 2.75) is 20.8 Å². The molecule has 0 unspecified atom stereocenters. The Morgan fingerprint density at radius 2 is 1.57 bits per heavy atom. The van der Waals surface area contributed by atoms with Gasteiger partial charge in [-0.25, -0.2) is 4.68 Å². The van der Waals surface area contributed by atoms with Crippen molar-refractivity contribution in [1.82, 2.24) is 19.9 Å². The second kappa shape index (κ2) is 7.46. The number of anilines is 1. The van der Waals surface area contributed by atoms with Crippen LogP contribution >= 0.6 is 0 Å². The smallest absolute Gasteiger partial charge is 0.276 e. The number of aryl methyl sites for hydroxylation is 3. The zero-order valence-corrected chi connectivity index (χ0v) is 16.6. The lowest BCUT2D eigenvalue weighted by Crippen LogP contribution is -2.49. The van der Waals surface area contributed by atoms with E-state index in [9.17, 15) is 4.79 Å². The second-order valence-electron chi connectivity index (χ2n) is 7.45. The Labute approximate surface area is 165 Å². The van der Waals surface area contributed by atoms with Gasteiger partial charge < -0.3 is 9.80 Å². The molecule has 0 aliphatic carbocycles. The Balaban J connectivity index is 1.43. The summed E-state index contributed by atoms with van der Waals surface area (Å²) in [6.07, 6.45) is 1.71. The van der Waals surface area contributed by atoms with Crippen LogP contribution < -0.4 is 4.90 Å². The molecule has 6 nitrogen and oxygen atoms in total. The third kappa shape index (κ3) is 3.63. The van der Waals surface area contributed by atoms with E-state index in [2.05, 4.69) is 47.3 Å². The van der Waals surface area contributed by atoms with Gasteiger partial charge in [0.25, 0.3) is 5.91 Å². The van der Waals surface area contributed by atoms with Gasteiger partial charge in [-0.3, -0.25) is 4.79 Å². The van der Waals surface area contributed by atoms with Crippen LogP contribution in [0, 0.1) is 20.8 Å². The van der Waals surface area contributed by atoms with Crippen molar-refractivity contribution >= 4 is 11.6 Å². The number of amides is 1. The SMILES string of the molecule is Cc1ccc(-n2cc(C(=O)N3CCN(c4cc(C)ccc4C)CC3)nn2)cc1. The molecule has 1 aliphatic rings. The topological polar surface area (TPSA) is 54.3 Å². The molecule has 0 N–H and O–H groups in total. The molecule has 4 rings (SSSR count). The molecule has 0 atom stereocenters. The second-order valence-corrected chi connectivity index (χ2v) is 7.45. The van der Waals surface area contributed by atoms with E-state index in [-0.39, 0.29) is 5.91 Å². The van der Waals surface area contributed by atoms with Crippen LogP contribution in [0.4, 0.5) is 5.69 Å². The molecule has 6 heteroatoms. The average molecular weight is 375 g/mol. The molecule has 3 aromatic rings. The Bertz CT molecular complexity index is 984. The lowest BCUT2D eigenvalue weighted by molar-refractivity contribution is 0.0740. The highest BCUT2D eigenvalue weighted by Gasteiger charge is 2.25. The summed E-state index contributed by atoms with van der Waals surface area (Å²) in [4.78, 5) is 17.1. The summed E-state index contributed by atoms with van der Waals surface area (Å²) in [6, 6.07) is 14.5. The molecule has 2 heterocycles. The number of hydrogen-bond donors (Lipinski definition) is 0. The molecule has 1 fully saturated rings. The summed E-state index contributed by atoms with van der Waals surface area (Å²) >= 11 is 0. The minimum Gasteiger partial charge on any atom is -0.368 e. The molecule has 2 aromatic carbocycles. The number of aromatic nitrogens is 3. The molecular weight excluding hydrogens is 350 g/mol. The largest absolute Gasteiger partial charge is 0.368 e. The van der Waals surface area contributed by atoms with Gasteiger partial charge >= 0.3 is 0 Å². The first kappa shape index (κ1) is 18.2. The van der Waals surface area contributed by atoms with Crippen LogP contribution in [0.5, 0.6) is 0 Å². The fourth-order valence-corrected chi connectivity index (χ4v) is 3.56. The monoisotopic (exact) mass is 375 g/mol. The normalized spacial score (nSPS) is 14.4. The first-order chi connectivity index (χ1) is 13.5. The minimum absolute atomic E-state index is 0.0565. The number of carbonyl (C=O) groups is 1. The Morgan fingerprint density at radius 3 is 2.29 bits per heavy atom. The van der Waals surface area contributed by atoms with E-state index in [0.29, 0.717) is 18.8 Å². The first-order valence-corrected chi connectivity index (χ1v) is 9.62. The maximum absolute atomic E-state index is 12.9. The molecule has 0 radical (unpaired) electrons. The summed E-state index contributed by atoms with van der Waals surface area (Å²) < 4.78 is 1.65. The molecule has 0 bridgehead atoms. The van der Waals surface area contributed by atoms with E-state index in [1.807, 2.05) is 36.1 Å². The number of hydrogen-bond acceptors (Lipinski definition) is 4. The van der Waals surface area contributed by atoms with Gasteiger partial charge in [-0.05, 0) is 50.1 Å². The highest BCUT2D eigenvalue weighted by atomic mass is 16.2. The lowest BCUT2D eigenvalue weighted by atomic mass is 10.1. The van der Waals surface area contributed by atoms with E-state index in [1.54, 1.807) is 10.9 Å². The van der Waals surface area contributed by atoms with Crippen molar-refractivity contribution < 1.29 is 4.79 Å². The van der Waals surface area contributed by atoms with Crippen LogP contribution in [-0.2, 0) is 0 Å². The third-order valence-corrected chi connectivity index (χ3v) is 5.28. The zero-order chi connectivity index (χ0) is 19.7. The van der Waals surface area contributed by atoms with Gasteiger partial charge in [-0.1, -0.05) is 35.0 Å². The fourth-order valence-electron chi connectivity index (χ4n) is 3.56. The number of nitrogens with zero attached hydrogens (tertiary/aromatic N) is 5. The van der Waals surface area contributed by atoms with Gasteiger partial charge in [-0.15, -0.1) is 5.10 Å². The number of rotatable bonds is 3. The maximum Gasteiger partial charge on any atom is 0.276 e. The van der Waals surface area contributed by atoms with Crippen molar-refractivity contribution in [3.63, 3.8) is 0 Å². The van der Waals surface area contributed by atoms with Crippen LogP contribution in [0.15, 0.2) is 48.7 Å². The predicted octanol–water partition coefficient (Wildman–Crippen LogP) is 3.15. The average Bonchev–Trinajstić information content (AvgIpc) is 3.20. The molecule has 28 heavy (non-hydrogen) atoms. The van der Waals surface area contributed by atoms with Gasteiger partial charge in [0.15, 0.2) is 5.69 Å². The van der Waals surface area contributed by atoms with Crippen molar-refractivity contribution in [1.29, 1.82) is 0 Å². The quantitative estimate of drug-likeness (QED) is 0.706. The van der Waals surface area contributed by atoms with E-state index < -0.39 is 0 Å². The highest BCUT2D eigenvalue weighted by molar-refractivity contribution is 5.92. The molecule has 1 amide bonds. The summed E-state index contributed by atoms with van der Waals surface area (Å²) in [6.45, 7) is 9.30. The fraction of sp³-hybridized carbons (Fsp3) is 0.318. The van der Waals surface area contributed by atoms with E-state index in [0.717, 1.165) is 18.8 Å². The Morgan fingerprint density at radius 1 is 0.893 bits per heavy atom. The minimum atomic E-state index is -0.0565. The van der Waals surface area contributed by atoms with E-state index in [4.69, 9.17) is 0 Å². The molecule has 1 aliphatic heterocycles. The van der Waals surface area contributed by atoms with Crippen LogP contribution in [0.3, 0.4) is 0 Å². The summed E-state index contributed by atoms with van der Waals surface area (Å²) in [5, 5.41) is 8.23. The maximum atomic E-state index is 12.9. The molecule has 1 saturated heterocycles. The highest BCUT2D eigenvalue weighted by Crippen LogP contribution is 2.23. The van der Waals surface area contributed by atoms with Crippen LogP contribution in [-0.4, -0.2) is 52.0 Å². The van der Waals surface area contributed by atoms with Gasteiger partial charge in [0, 0.05) is 31.9 Å². The molecule has 0 spiro atoms. The predicted molar refractivity (Wildman–Crippen MR) is 110 cm³/mol. The van der Waals surface area contributed by atoms with Gasteiger partial charge in [0.05, 0.1) is 11.9 Å². The number of benzene rings is 2. The third-order valence-electron chi connectivity index (χ3n) is 5.28. The standard InChI is InChI=1S/C22H25N5O/c1-16-5-8-19(9-6-16)27-15-20(23-24-27)22(28)26-12-10-25(11-13-26)21-14-17(2)4-7-18(21)3/h4-9,14-15H,10-13H2,1-3H3. The van der Waals surface area contributed by atoms with Gasteiger partial charge in [0.1, 0.15) is 0 Å². The van der Waals surface area contributed by atoms with Crippen molar-refractivity contribution in [2.75, 3.05) is 31.1 Å². The summed E-state index contributed by atoms with van der Waals surface area (Å²) in [7, 11) is 0. The van der Waals surface area contributed by atoms with Crippen LogP contribution in [0.2, 0.25) is 0 Å². The summed E-state index contributed by atoms with van der Waals surface area (Å²) in [5.74, 6) is -0.0565. The van der Waals surface area contributed by atoms with Crippen LogP contribution in [0.1, 0.15) is 27.2 Å². The first-order valence-electron chi connectivity index (χ1n) is 9.62. The zero-order valence-electron chi connectivity index (χ0n) is 16.6. The Kier molecular flexibility index (Phi) is 4.86. The van der Waals surface area contributed by atoms with Gasteiger partial charge in [0.2, 0.25) is 0 Å². The van der Waals surface area contributed by atoms with Crippen LogP contribution in [0.25, 0.3) is 5.69 Å². The van der Waals surface area contributed by atoms with Gasteiger partial charge in [-0.2, -0.15) is 0 Å². The van der Waals surface area contributed by atoms with E-state index in [1.165, 1.54) is 22.4 Å². The summed E-state index contributed by atoms with van der Waals surface area (Å²) in [5.41, 5.74) is 6.26. The van der Waals surface area contributed by atoms with E-state index >= 15 is 0 Å². The molecule has 1 aromatic heterocycles. The van der Waals surface area contributed by atoms with Crippen molar-refractivity contribution in [3.05, 3.63) is 71.0 Å². The number of carbonyl (C=O) groups excluding carboxylic acids is 1. The Hall–Kier alpha value is -3.15. The molecule has 0 saturated carbocycles. The lowest BCUT2D eigenvalue weighted by Gasteiger charge is -2.36. The van der Waals surface area contributed by atoms with Crippen molar-refractivity contribution in [3.8, 4) is 5.69 Å². The molecular formula is C22H25N5O. The number of piperazine rings is 1.